The van der Waals surface area contributed by atoms with Gasteiger partial charge in [0.25, 0.3) is 0 Å². The highest BCUT2D eigenvalue weighted by Gasteiger charge is 2.12. The second kappa shape index (κ2) is 6.26. The average Bonchev–Trinajstić information content (AvgIpc) is 2.25. The molecule has 0 unspecified atom stereocenters. The molecule has 1 rings (SSSR count). The summed E-state index contributed by atoms with van der Waals surface area (Å²) in [6, 6.07) is 6.75. The number of hydrogen-bond acceptors (Lipinski definition) is 2. The van der Waals surface area contributed by atoms with E-state index in [4.69, 9.17) is 0 Å². The first kappa shape index (κ1) is 13.5. The summed E-state index contributed by atoms with van der Waals surface area (Å²) in [6.07, 6.45) is 1.11. The van der Waals surface area contributed by atoms with E-state index in [9.17, 15) is 4.39 Å². The van der Waals surface area contributed by atoms with Crippen molar-refractivity contribution >= 4 is 11.8 Å². The third-order valence-electron chi connectivity index (χ3n) is 2.65. The minimum absolute atomic E-state index is 0.160. The highest BCUT2D eigenvalue weighted by atomic mass is 32.2. The molecule has 0 radical (unpaired) electrons. The molecular weight excluding hydrogens is 221 g/mol. The largest absolute Gasteiger partial charge is 0.311 e. The Bertz CT molecular complexity index is 325. The predicted molar refractivity (Wildman–Crippen MR) is 69.5 cm³/mol. The fraction of sp³-hybridized carbons (Fsp3) is 0.538. The summed E-state index contributed by atoms with van der Waals surface area (Å²) in [7, 11) is 0. The molecule has 1 N–H and O–H groups in total. The van der Waals surface area contributed by atoms with Crippen molar-refractivity contribution in [1.29, 1.82) is 0 Å². The maximum Gasteiger partial charge on any atom is 0.124 e. The van der Waals surface area contributed by atoms with Crippen LogP contribution in [0.2, 0.25) is 0 Å². The molecule has 0 amide bonds. The van der Waals surface area contributed by atoms with Gasteiger partial charge in [-0.2, -0.15) is 0 Å². The summed E-state index contributed by atoms with van der Waals surface area (Å²) in [6.45, 7) is 7.51. The Morgan fingerprint density at radius 2 is 2.12 bits per heavy atom. The zero-order valence-corrected chi connectivity index (χ0v) is 11.0. The molecule has 0 aliphatic rings. The Balaban J connectivity index is 2.26. The van der Waals surface area contributed by atoms with Crippen molar-refractivity contribution in [3.8, 4) is 0 Å². The van der Waals surface area contributed by atoms with E-state index in [0.717, 1.165) is 23.6 Å². The minimum Gasteiger partial charge on any atom is -0.311 e. The van der Waals surface area contributed by atoms with Gasteiger partial charge in [-0.3, -0.25) is 0 Å². The van der Waals surface area contributed by atoms with Crippen LogP contribution in [-0.2, 0) is 0 Å². The summed E-state index contributed by atoms with van der Waals surface area (Å²) in [5, 5.41) is 3.48. The zero-order chi connectivity index (χ0) is 12.0. The molecule has 3 heteroatoms. The molecule has 0 aliphatic carbocycles. The molecule has 0 atom stereocenters. The van der Waals surface area contributed by atoms with Crippen molar-refractivity contribution < 1.29 is 4.39 Å². The van der Waals surface area contributed by atoms with Crippen LogP contribution in [0, 0.1) is 5.82 Å². The molecule has 0 aliphatic heterocycles. The van der Waals surface area contributed by atoms with Gasteiger partial charge in [0.1, 0.15) is 5.82 Å². The van der Waals surface area contributed by atoms with Crippen molar-refractivity contribution in [2.45, 2.75) is 37.6 Å². The maximum absolute atomic E-state index is 12.9. The molecule has 0 saturated heterocycles. The van der Waals surface area contributed by atoms with E-state index < -0.39 is 0 Å². The van der Waals surface area contributed by atoms with E-state index in [-0.39, 0.29) is 11.4 Å². The fourth-order valence-corrected chi connectivity index (χ4v) is 2.05. The lowest BCUT2D eigenvalue weighted by Gasteiger charge is -2.24. The van der Waals surface area contributed by atoms with E-state index in [0.29, 0.717) is 0 Å². The van der Waals surface area contributed by atoms with Crippen LogP contribution in [-0.4, -0.2) is 17.8 Å². The maximum atomic E-state index is 12.9. The molecule has 1 aromatic rings. The average molecular weight is 241 g/mol. The number of rotatable bonds is 6. The third-order valence-corrected chi connectivity index (χ3v) is 3.65. The van der Waals surface area contributed by atoms with E-state index in [1.807, 2.05) is 6.07 Å². The van der Waals surface area contributed by atoms with Gasteiger partial charge in [0.15, 0.2) is 0 Å². The van der Waals surface area contributed by atoms with Gasteiger partial charge in [-0.15, -0.1) is 11.8 Å². The van der Waals surface area contributed by atoms with Crippen LogP contribution in [0.4, 0.5) is 4.39 Å². The topological polar surface area (TPSA) is 12.0 Å². The Kier molecular flexibility index (Phi) is 5.29. The minimum atomic E-state index is -0.160. The summed E-state index contributed by atoms with van der Waals surface area (Å²) >= 11 is 1.68. The van der Waals surface area contributed by atoms with Crippen LogP contribution in [0.15, 0.2) is 29.2 Å². The molecule has 0 saturated carbocycles. The number of nitrogens with one attached hydrogen (secondary N) is 1. The molecule has 90 valence electrons. The molecule has 0 bridgehead atoms. The highest BCUT2D eigenvalue weighted by molar-refractivity contribution is 7.99. The highest BCUT2D eigenvalue weighted by Crippen LogP contribution is 2.18. The van der Waals surface area contributed by atoms with E-state index in [1.54, 1.807) is 23.9 Å². The first-order valence-electron chi connectivity index (χ1n) is 5.67. The van der Waals surface area contributed by atoms with Crippen LogP contribution in [0.3, 0.4) is 0 Å². The summed E-state index contributed by atoms with van der Waals surface area (Å²) in [5.41, 5.74) is 0.197. The van der Waals surface area contributed by atoms with Crippen molar-refractivity contribution in [2.75, 3.05) is 12.3 Å². The van der Waals surface area contributed by atoms with Crippen LogP contribution in [0.1, 0.15) is 27.2 Å². The van der Waals surface area contributed by atoms with Crippen LogP contribution in [0.25, 0.3) is 0 Å². The summed E-state index contributed by atoms with van der Waals surface area (Å²) < 4.78 is 12.9. The van der Waals surface area contributed by atoms with Crippen LogP contribution in [0.5, 0.6) is 0 Å². The fourth-order valence-electron chi connectivity index (χ4n) is 1.24. The normalized spacial score (nSPS) is 11.8. The predicted octanol–water partition coefficient (Wildman–Crippen LogP) is 3.70. The van der Waals surface area contributed by atoms with Gasteiger partial charge in [0.05, 0.1) is 0 Å². The lowest BCUT2D eigenvalue weighted by molar-refractivity contribution is 0.388. The number of thioether (sulfide) groups is 1. The standard InChI is InChI=1S/C13H20FNS/c1-4-13(2,3)15-8-9-16-12-7-5-6-11(14)10-12/h5-7,10,15H,4,8-9H2,1-3H3. The Labute approximate surface area is 102 Å². The van der Waals surface area contributed by atoms with Gasteiger partial charge in [0.2, 0.25) is 0 Å². The zero-order valence-electron chi connectivity index (χ0n) is 10.2. The molecule has 16 heavy (non-hydrogen) atoms. The summed E-state index contributed by atoms with van der Waals surface area (Å²) in [4.78, 5) is 0.996. The van der Waals surface area contributed by atoms with Gasteiger partial charge in [-0.25, -0.2) is 4.39 Å². The molecule has 0 spiro atoms. The SMILES string of the molecule is CCC(C)(C)NCCSc1cccc(F)c1. The van der Waals surface area contributed by atoms with Crippen molar-refractivity contribution in [3.05, 3.63) is 30.1 Å². The van der Waals surface area contributed by atoms with Gasteiger partial charge < -0.3 is 5.32 Å². The van der Waals surface area contributed by atoms with E-state index >= 15 is 0 Å². The second-order valence-electron chi connectivity index (χ2n) is 4.47. The molecule has 1 aromatic carbocycles. The monoisotopic (exact) mass is 241 g/mol. The molecule has 0 heterocycles. The van der Waals surface area contributed by atoms with Gasteiger partial charge in [-0.05, 0) is 38.5 Å². The number of halogens is 1. The van der Waals surface area contributed by atoms with Crippen molar-refractivity contribution in [2.24, 2.45) is 0 Å². The lowest BCUT2D eigenvalue weighted by Crippen LogP contribution is -2.39. The van der Waals surface area contributed by atoms with E-state index in [2.05, 4.69) is 26.1 Å². The molecule has 1 nitrogen and oxygen atoms in total. The lowest BCUT2D eigenvalue weighted by atomic mass is 10.0. The van der Waals surface area contributed by atoms with Gasteiger partial charge in [0, 0.05) is 22.7 Å². The van der Waals surface area contributed by atoms with Crippen molar-refractivity contribution in [3.63, 3.8) is 0 Å². The van der Waals surface area contributed by atoms with Gasteiger partial charge >= 0.3 is 0 Å². The number of hydrogen-bond donors (Lipinski definition) is 1. The van der Waals surface area contributed by atoms with Gasteiger partial charge in [-0.1, -0.05) is 13.0 Å². The number of benzene rings is 1. The Morgan fingerprint density at radius 1 is 1.38 bits per heavy atom. The second-order valence-corrected chi connectivity index (χ2v) is 5.64. The molecule has 0 fully saturated rings. The van der Waals surface area contributed by atoms with E-state index in [1.165, 1.54) is 6.07 Å². The molecule has 0 aromatic heterocycles. The smallest absolute Gasteiger partial charge is 0.124 e. The first-order chi connectivity index (χ1) is 7.53. The van der Waals surface area contributed by atoms with Crippen molar-refractivity contribution in [1.82, 2.24) is 5.32 Å². The Hall–Kier alpha value is -0.540. The first-order valence-corrected chi connectivity index (χ1v) is 6.65. The molecular formula is C13H20FNS. The summed E-state index contributed by atoms with van der Waals surface area (Å²) in [5.74, 6) is 0.805. The third kappa shape index (κ3) is 4.99. The van der Waals surface area contributed by atoms with Crippen LogP contribution >= 0.6 is 11.8 Å². The Morgan fingerprint density at radius 3 is 2.75 bits per heavy atom. The van der Waals surface area contributed by atoms with Crippen LogP contribution < -0.4 is 5.32 Å². The quantitative estimate of drug-likeness (QED) is 0.602.